The molecule has 0 bridgehead atoms. The summed E-state index contributed by atoms with van der Waals surface area (Å²) in [7, 11) is 0. The molecule has 4 aromatic carbocycles. The molecule has 4 aliphatic heterocycles. The highest BCUT2D eigenvalue weighted by Crippen LogP contribution is 2.36. The van der Waals surface area contributed by atoms with Crippen molar-refractivity contribution in [3.63, 3.8) is 0 Å². The summed E-state index contributed by atoms with van der Waals surface area (Å²) in [6, 6.07) is 31.8. The molecule has 0 spiro atoms. The smallest absolute Gasteiger partial charge is 0.351 e. The predicted molar refractivity (Wildman–Crippen MR) is 229 cm³/mol. The Kier molecular flexibility index (Phi) is 11.3. The predicted octanol–water partition coefficient (Wildman–Crippen LogP) is 4.36. The standard InChI is InChI=1S/C23H20N6O5.C23H19N3O5/c30-23-24-22(33-12-16-11-32-19-3-1-2-4-20(19)34-16)10-18-17-6-5-15(9-14(17)7-8-29(18)23)31-13-21-25-27-28-26-21;24-8-10-28-16-5-6-18-15(11-16)7-9-26-19(18)12-22(25-23(26)27)30-14-17-13-29-20-3-1-2-4-21(20)31-17/h1-6,9-10,16H,7-8,11-13H2,(H,25,26,27,28);1-6,11-12,17H,7,9-10,13-14H2. The SMILES string of the molecule is N#CCOc1ccc2c(c1)CCn1c-2cc(OCC2COc3ccccc3O2)nc1=O.O=c1nc(OCC2COc3ccccc3O2)cc2n1CCc1cc(OCc3nn[nH]n3)ccc1-2. The average molecular weight is 878 g/mol. The number of benzene rings is 4. The lowest BCUT2D eigenvalue weighted by Crippen LogP contribution is -2.35. The van der Waals surface area contributed by atoms with E-state index in [1.165, 1.54) is 0 Å². The van der Waals surface area contributed by atoms with Crippen LogP contribution in [0.3, 0.4) is 0 Å². The van der Waals surface area contributed by atoms with Crippen molar-refractivity contribution in [2.24, 2.45) is 0 Å². The normalized spacial score (nSPS) is 15.9. The summed E-state index contributed by atoms with van der Waals surface area (Å²) in [5.41, 5.74) is 4.78. The highest BCUT2D eigenvalue weighted by atomic mass is 16.6. The molecule has 7 heterocycles. The minimum absolute atomic E-state index is 0.00579. The molecule has 3 aromatic heterocycles. The molecule has 19 heteroatoms. The van der Waals surface area contributed by atoms with Crippen LogP contribution in [0.5, 0.6) is 46.3 Å². The second kappa shape index (κ2) is 18.1. The zero-order valence-electron chi connectivity index (χ0n) is 34.6. The Morgan fingerprint density at radius 3 is 1.69 bits per heavy atom. The van der Waals surface area contributed by atoms with E-state index in [-0.39, 0.29) is 61.8 Å². The van der Waals surface area contributed by atoms with Gasteiger partial charge in [0.1, 0.15) is 44.0 Å². The van der Waals surface area contributed by atoms with E-state index >= 15 is 0 Å². The van der Waals surface area contributed by atoms with Gasteiger partial charge in [-0.25, -0.2) is 9.59 Å². The molecule has 0 saturated carbocycles. The first-order valence-electron chi connectivity index (χ1n) is 20.8. The fourth-order valence-electron chi connectivity index (χ4n) is 7.85. The molecule has 0 radical (unpaired) electrons. The van der Waals surface area contributed by atoms with E-state index in [2.05, 4.69) is 30.6 Å². The number of rotatable bonds is 11. The topological polar surface area (TPSA) is 222 Å². The van der Waals surface area contributed by atoms with Crippen LogP contribution < -0.4 is 49.3 Å². The first kappa shape index (κ1) is 40.7. The molecule has 65 heavy (non-hydrogen) atoms. The molecular formula is C46H39N9O10. The summed E-state index contributed by atoms with van der Waals surface area (Å²) in [5.74, 6) is 5.06. The van der Waals surface area contributed by atoms with Crippen LogP contribution in [0.25, 0.3) is 22.5 Å². The second-order valence-corrected chi connectivity index (χ2v) is 15.1. The van der Waals surface area contributed by atoms with Gasteiger partial charge in [0.25, 0.3) is 0 Å². The zero-order chi connectivity index (χ0) is 44.1. The van der Waals surface area contributed by atoms with Crippen molar-refractivity contribution in [3.05, 3.63) is 135 Å². The van der Waals surface area contributed by atoms with Gasteiger partial charge in [0.15, 0.2) is 48.4 Å². The Bertz CT molecular complexity index is 3020. The van der Waals surface area contributed by atoms with Crippen molar-refractivity contribution in [3.8, 4) is 74.8 Å². The van der Waals surface area contributed by atoms with Crippen LogP contribution in [-0.4, -0.2) is 85.0 Å². The van der Waals surface area contributed by atoms with Gasteiger partial charge in [-0.05, 0) is 84.6 Å². The van der Waals surface area contributed by atoms with Gasteiger partial charge in [0.05, 0.1) is 11.4 Å². The number of fused-ring (bicyclic) bond motifs is 8. The number of H-pyrrole nitrogens is 1. The summed E-state index contributed by atoms with van der Waals surface area (Å²) in [4.78, 5) is 33.4. The molecule has 19 nitrogen and oxygen atoms in total. The van der Waals surface area contributed by atoms with E-state index < -0.39 is 0 Å². The maximum absolute atomic E-state index is 12.7. The molecule has 328 valence electrons. The lowest BCUT2D eigenvalue weighted by atomic mass is 9.97. The van der Waals surface area contributed by atoms with Crippen LogP contribution in [0, 0.1) is 11.3 Å². The quantitative estimate of drug-likeness (QED) is 0.191. The van der Waals surface area contributed by atoms with Gasteiger partial charge in [0, 0.05) is 36.3 Å². The summed E-state index contributed by atoms with van der Waals surface area (Å²) >= 11 is 0. The van der Waals surface area contributed by atoms with Crippen molar-refractivity contribution in [2.75, 3.05) is 33.0 Å². The maximum Gasteiger partial charge on any atom is 0.351 e. The number of ether oxygens (including phenoxy) is 8. The maximum atomic E-state index is 12.7. The Morgan fingerprint density at radius 1 is 0.662 bits per heavy atom. The van der Waals surface area contributed by atoms with Gasteiger partial charge in [-0.3, -0.25) is 9.13 Å². The summed E-state index contributed by atoms with van der Waals surface area (Å²) < 4.78 is 49.4. The summed E-state index contributed by atoms with van der Waals surface area (Å²) in [6.07, 6.45) is 0.765. The van der Waals surface area contributed by atoms with Gasteiger partial charge in [-0.15, -0.1) is 10.2 Å². The van der Waals surface area contributed by atoms with Crippen molar-refractivity contribution in [1.29, 1.82) is 5.26 Å². The zero-order valence-corrected chi connectivity index (χ0v) is 34.6. The molecule has 2 unspecified atom stereocenters. The number of aromatic amines is 1. The van der Waals surface area contributed by atoms with Gasteiger partial charge >= 0.3 is 11.4 Å². The molecule has 0 fully saturated rings. The van der Waals surface area contributed by atoms with E-state index in [1.54, 1.807) is 27.3 Å². The highest BCUT2D eigenvalue weighted by molar-refractivity contribution is 5.68. The lowest BCUT2D eigenvalue weighted by Gasteiger charge is -2.26. The number of hydrogen-bond donors (Lipinski definition) is 1. The second-order valence-electron chi connectivity index (χ2n) is 15.1. The van der Waals surface area contributed by atoms with Gasteiger partial charge < -0.3 is 37.9 Å². The summed E-state index contributed by atoms with van der Waals surface area (Å²) in [6.45, 7) is 2.38. The highest BCUT2D eigenvalue weighted by Gasteiger charge is 2.26. The van der Waals surface area contributed by atoms with Crippen LogP contribution in [-0.2, 0) is 32.5 Å². The minimum atomic E-state index is -0.353. The third kappa shape index (κ3) is 8.95. The molecule has 7 aromatic rings. The number of para-hydroxylation sites is 4. The van der Waals surface area contributed by atoms with E-state index in [1.807, 2.05) is 84.9 Å². The first-order valence-corrected chi connectivity index (χ1v) is 20.8. The third-order valence-electron chi connectivity index (χ3n) is 10.9. The Morgan fingerprint density at radius 2 is 1.18 bits per heavy atom. The van der Waals surface area contributed by atoms with Crippen molar-refractivity contribution < 1.29 is 37.9 Å². The molecule has 0 aliphatic carbocycles. The van der Waals surface area contributed by atoms with Gasteiger partial charge in [-0.2, -0.15) is 20.4 Å². The molecule has 1 N–H and O–H groups in total. The van der Waals surface area contributed by atoms with Crippen molar-refractivity contribution in [2.45, 2.75) is 44.7 Å². The number of aromatic nitrogens is 8. The lowest BCUT2D eigenvalue weighted by molar-refractivity contribution is 0.0520. The number of nitrogens with one attached hydrogen (secondary N) is 1. The first-order chi connectivity index (χ1) is 31.9. The van der Waals surface area contributed by atoms with Crippen LogP contribution in [0.4, 0.5) is 0 Å². The summed E-state index contributed by atoms with van der Waals surface area (Å²) in [5, 5.41) is 22.4. The van der Waals surface area contributed by atoms with Crippen LogP contribution in [0.2, 0.25) is 0 Å². The number of tetrazole rings is 1. The molecule has 0 amide bonds. The molecule has 0 saturated heterocycles. The third-order valence-corrected chi connectivity index (χ3v) is 10.9. The average Bonchev–Trinajstić information content (AvgIpc) is 3.87. The monoisotopic (exact) mass is 877 g/mol. The van der Waals surface area contributed by atoms with E-state index in [0.717, 1.165) is 33.6 Å². The number of nitrogens with zero attached hydrogens (tertiary/aromatic N) is 8. The molecule has 4 aliphatic rings. The van der Waals surface area contributed by atoms with Crippen LogP contribution >= 0.6 is 0 Å². The molecule has 11 rings (SSSR count). The largest absolute Gasteiger partial charge is 0.486 e. The van der Waals surface area contributed by atoms with Crippen molar-refractivity contribution in [1.82, 2.24) is 39.7 Å². The Balaban J connectivity index is 0.000000154. The van der Waals surface area contributed by atoms with Crippen LogP contribution in [0.15, 0.2) is 107 Å². The number of aryl methyl sites for hydroxylation is 2. The van der Waals surface area contributed by atoms with Gasteiger partial charge in [0.2, 0.25) is 17.6 Å². The molecule has 2 atom stereocenters. The van der Waals surface area contributed by atoms with Crippen molar-refractivity contribution >= 4 is 0 Å². The Hall–Kier alpha value is -8.40. The Labute approximate surface area is 369 Å². The van der Waals surface area contributed by atoms with E-state index in [9.17, 15) is 9.59 Å². The number of hydrogen-bond acceptors (Lipinski definition) is 16. The van der Waals surface area contributed by atoms with Crippen LogP contribution in [0.1, 0.15) is 17.0 Å². The van der Waals surface area contributed by atoms with E-state index in [0.29, 0.717) is 79.5 Å². The number of nitriles is 1. The fraction of sp³-hybridized carbons (Fsp3) is 0.261. The van der Waals surface area contributed by atoms with E-state index in [4.69, 9.17) is 43.2 Å². The fourth-order valence-corrected chi connectivity index (χ4v) is 7.85. The van der Waals surface area contributed by atoms with Gasteiger partial charge in [-0.1, -0.05) is 29.5 Å². The minimum Gasteiger partial charge on any atom is -0.486 e. The molecular weight excluding hydrogens is 839 g/mol.